The van der Waals surface area contributed by atoms with Gasteiger partial charge in [0.1, 0.15) is 0 Å². The molecule has 15 heteroatoms. The Labute approximate surface area is 213 Å². The smallest absolute Gasteiger partial charge is 0.280 e. The molecule has 1 aromatic heterocycles. The average Bonchev–Trinajstić information content (AvgIpc) is 2.79. The lowest BCUT2D eigenvalue weighted by atomic mass is 10.1. The van der Waals surface area contributed by atoms with Crippen LogP contribution in [-0.2, 0) is 6.42 Å². The van der Waals surface area contributed by atoms with Crippen molar-refractivity contribution in [1.82, 2.24) is 20.6 Å². The number of carbonyl (C=O) groups excluding carboxylic acids is 2. The van der Waals surface area contributed by atoms with Crippen LogP contribution in [0.2, 0.25) is 5.15 Å². The quantitative estimate of drug-likeness (QED) is 0.123. The second-order valence-electron chi connectivity index (χ2n) is 7.07. The van der Waals surface area contributed by atoms with E-state index in [4.69, 9.17) is 40.3 Å². The van der Waals surface area contributed by atoms with Crippen molar-refractivity contribution in [3.8, 4) is 0 Å². The van der Waals surface area contributed by atoms with Gasteiger partial charge in [-0.1, -0.05) is 23.7 Å². The van der Waals surface area contributed by atoms with Gasteiger partial charge in [0, 0.05) is 18.7 Å². The number of halogens is 2. The van der Waals surface area contributed by atoms with Gasteiger partial charge in [0.25, 0.3) is 11.8 Å². The van der Waals surface area contributed by atoms with Crippen LogP contribution in [0.4, 0.5) is 11.6 Å². The van der Waals surface area contributed by atoms with Crippen molar-refractivity contribution in [3.05, 3.63) is 46.2 Å². The Morgan fingerprint density at radius 2 is 1.60 bits per heavy atom. The van der Waals surface area contributed by atoms with Crippen LogP contribution in [0.15, 0.2) is 34.3 Å². The van der Waals surface area contributed by atoms with Gasteiger partial charge in [-0.05, 0) is 37.0 Å². The number of aromatic nitrogens is 2. The zero-order valence-electron chi connectivity index (χ0n) is 18.8. The molecular formula is C20H29Cl2N11O2. The molecule has 1 aromatic carbocycles. The lowest BCUT2D eigenvalue weighted by Gasteiger charge is -2.07. The molecule has 2 amide bonds. The van der Waals surface area contributed by atoms with Crippen molar-refractivity contribution in [2.75, 3.05) is 31.1 Å². The van der Waals surface area contributed by atoms with E-state index in [0.29, 0.717) is 25.2 Å². The number of nitrogens with two attached hydrogens (primary N) is 5. The van der Waals surface area contributed by atoms with Crippen LogP contribution in [-0.4, -0.2) is 53.3 Å². The number of amides is 2. The molecule has 35 heavy (non-hydrogen) atoms. The molecule has 0 bridgehead atoms. The van der Waals surface area contributed by atoms with Crippen molar-refractivity contribution < 1.29 is 9.59 Å². The minimum Gasteiger partial charge on any atom is -0.382 e. The number of benzene rings is 1. The van der Waals surface area contributed by atoms with E-state index in [0.717, 1.165) is 24.8 Å². The molecule has 2 aromatic rings. The number of anilines is 2. The van der Waals surface area contributed by atoms with E-state index in [2.05, 4.69) is 30.6 Å². The van der Waals surface area contributed by atoms with Crippen LogP contribution >= 0.6 is 24.0 Å². The molecule has 0 spiro atoms. The summed E-state index contributed by atoms with van der Waals surface area (Å²) >= 11 is 5.77. The zero-order chi connectivity index (χ0) is 25.1. The molecule has 0 fully saturated rings. The van der Waals surface area contributed by atoms with Crippen molar-refractivity contribution in [2.24, 2.45) is 27.2 Å². The van der Waals surface area contributed by atoms with Gasteiger partial charge >= 0.3 is 0 Å². The third-order valence-electron chi connectivity index (χ3n) is 4.43. The van der Waals surface area contributed by atoms with Gasteiger partial charge in [-0.3, -0.25) is 24.9 Å². The SMILES string of the molecule is Cl.NC(N)=NCCNC(=O)c1ccc(CCCCN=C(N)NC(=O)c2nc(Cl)c(N)nc2N)cc1. The number of unbranched alkanes of at least 4 members (excludes halogenated alkanes) is 1. The van der Waals surface area contributed by atoms with E-state index in [1.54, 1.807) is 12.1 Å². The molecule has 0 aliphatic heterocycles. The van der Waals surface area contributed by atoms with Crippen LogP contribution in [0.1, 0.15) is 39.3 Å². The van der Waals surface area contributed by atoms with E-state index in [-0.39, 0.29) is 52.7 Å². The number of rotatable bonds is 10. The highest BCUT2D eigenvalue weighted by Gasteiger charge is 2.16. The second-order valence-corrected chi connectivity index (χ2v) is 7.43. The van der Waals surface area contributed by atoms with Gasteiger partial charge in [0.15, 0.2) is 34.4 Å². The minimum absolute atomic E-state index is 0. The van der Waals surface area contributed by atoms with Crippen LogP contribution in [0.5, 0.6) is 0 Å². The lowest BCUT2D eigenvalue weighted by molar-refractivity contribution is 0.0951. The number of nitrogens with zero attached hydrogens (tertiary/aromatic N) is 4. The first-order valence-electron chi connectivity index (χ1n) is 10.3. The van der Waals surface area contributed by atoms with Gasteiger partial charge in [-0.2, -0.15) is 0 Å². The summed E-state index contributed by atoms with van der Waals surface area (Å²) in [7, 11) is 0. The van der Waals surface area contributed by atoms with E-state index in [9.17, 15) is 9.59 Å². The topological polar surface area (TPSA) is 239 Å². The van der Waals surface area contributed by atoms with Gasteiger partial charge in [0.05, 0.1) is 6.54 Å². The predicted octanol–water partition coefficient (Wildman–Crippen LogP) is -0.213. The zero-order valence-corrected chi connectivity index (χ0v) is 20.4. The van der Waals surface area contributed by atoms with Crippen LogP contribution in [0, 0.1) is 0 Å². The van der Waals surface area contributed by atoms with Crippen molar-refractivity contribution >= 4 is 59.4 Å². The first kappa shape index (κ1) is 29.2. The monoisotopic (exact) mass is 525 g/mol. The number of nitrogens with one attached hydrogen (secondary N) is 2. The number of guanidine groups is 2. The molecule has 13 nitrogen and oxygen atoms in total. The Kier molecular flexibility index (Phi) is 12.0. The molecule has 0 aliphatic carbocycles. The van der Waals surface area contributed by atoms with E-state index < -0.39 is 5.91 Å². The maximum Gasteiger partial charge on any atom is 0.280 e. The molecule has 0 aliphatic rings. The molecule has 0 saturated carbocycles. The second kappa shape index (κ2) is 14.4. The normalized spacial score (nSPS) is 10.7. The summed E-state index contributed by atoms with van der Waals surface area (Å²) in [6, 6.07) is 7.31. The molecular weight excluding hydrogens is 497 g/mol. The van der Waals surface area contributed by atoms with Gasteiger partial charge < -0.3 is 34.0 Å². The van der Waals surface area contributed by atoms with Gasteiger partial charge in [-0.15, -0.1) is 12.4 Å². The summed E-state index contributed by atoms with van der Waals surface area (Å²) in [5.41, 5.74) is 28.8. The molecule has 0 atom stereocenters. The summed E-state index contributed by atoms with van der Waals surface area (Å²) < 4.78 is 0. The first-order valence-corrected chi connectivity index (χ1v) is 10.7. The van der Waals surface area contributed by atoms with E-state index >= 15 is 0 Å². The first-order chi connectivity index (χ1) is 16.2. The predicted molar refractivity (Wildman–Crippen MR) is 139 cm³/mol. The maximum atomic E-state index is 12.2. The fourth-order valence-electron chi connectivity index (χ4n) is 2.74. The summed E-state index contributed by atoms with van der Waals surface area (Å²) in [6.45, 7) is 1.07. The van der Waals surface area contributed by atoms with Crippen LogP contribution in [0.25, 0.3) is 0 Å². The number of aryl methyl sites for hydroxylation is 1. The number of nitrogen functional groups attached to an aromatic ring is 2. The molecule has 12 N–H and O–H groups in total. The average molecular weight is 526 g/mol. The number of hydrogen-bond donors (Lipinski definition) is 7. The van der Waals surface area contributed by atoms with Gasteiger partial charge in [-0.25, -0.2) is 9.97 Å². The number of aliphatic imine (C=N–C) groups is 2. The van der Waals surface area contributed by atoms with Crippen LogP contribution < -0.4 is 39.3 Å². The fraction of sp³-hybridized carbons (Fsp3) is 0.300. The Bertz CT molecular complexity index is 1070. The Morgan fingerprint density at radius 1 is 0.914 bits per heavy atom. The third-order valence-corrected chi connectivity index (χ3v) is 4.70. The lowest BCUT2D eigenvalue weighted by Crippen LogP contribution is -2.38. The molecule has 1 heterocycles. The van der Waals surface area contributed by atoms with Gasteiger partial charge in [0.2, 0.25) is 0 Å². The highest BCUT2D eigenvalue weighted by atomic mass is 35.5. The third kappa shape index (κ3) is 9.90. The van der Waals surface area contributed by atoms with Crippen molar-refractivity contribution in [3.63, 3.8) is 0 Å². The van der Waals surface area contributed by atoms with Crippen molar-refractivity contribution in [2.45, 2.75) is 19.3 Å². The van der Waals surface area contributed by atoms with E-state index in [1.165, 1.54) is 0 Å². The summed E-state index contributed by atoms with van der Waals surface area (Å²) in [4.78, 5) is 39.7. The Morgan fingerprint density at radius 3 is 2.26 bits per heavy atom. The molecule has 2 rings (SSSR count). The summed E-state index contributed by atoms with van der Waals surface area (Å²) in [5, 5.41) is 4.99. The highest BCUT2D eigenvalue weighted by molar-refractivity contribution is 6.31. The minimum atomic E-state index is -0.687. The van der Waals surface area contributed by atoms with E-state index in [1.807, 2.05) is 12.1 Å². The molecule has 0 unspecified atom stereocenters. The molecule has 190 valence electrons. The standard InChI is InChI=1S/C20H28ClN11O2.ClH/c21-14-16(23)31-15(22)13(30-14)18(34)32-20(26)29-8-2-1-3-11-4-6-12(7-5-11)17(33)27-9-10-28-19(24)25;/h4-7H,1-3,8-10H2,(H,27,33)(H4,22,23,31)(H4,24,25,28)(H3,26,29,32,34);1H. The molecule has 0 saturated heterocycles. The summed E-state index contributed by atoms with van der Waals surface area (Å²) in [6.07, 6.45) is 2.37. The number of carbonyl (C=O) groups is 2. The van der Waals surface area contributed by atoms with Crippen LogP contribution in [0.3, 0.4) is 0 Å². The Balaban J connectivity index is 0.00000612. The largest absolute Gasteiger partial charge is 0.382 e. The molecule has 0 radical (unpaired) electrons. The highest BCUT2D eigenvalue weighted by Crippen LogP contribution is 2.17. The Hall–Kier alpha value is -3.84. The maximum absolute atomic E-state index is 12.2. The number of hydrogen-bond acceptors (Lipinski definition) is 8. The van der Waals surface area contributed by atoms with Crippen molar-refractivity contribution in [1.29, 1.82) is 0 Å². The summed E-state index contributed by atoms with van der Waals surface area (Å²) in [5.74, 6) is -1.21. The fourth-order valence-corrected chi connectivity index (χ4v) is 2.87.